The smallest absolute Gasteiger partial charge is 0.330 e. The Labute approximate surface area is 204 Å². The summed E-state index contributed by atoms with van der Waals surface area (Å²) in [7, 11) is 0. The van der Waals surface area contributed by atoms with Crippen LogP contribution in [0.2, 0.25) is 0 Å². The zero-order valence-electron chi connectivity index (χ0n) is 20.9. The summed E-state index contributed by atoms with van der Waals surface area (Å²) in [6.45, 7) is 9.61. The molecule has 0 aliphatic carbocycles. The van der Waals surface area contributed by atoms with Crippen molar-refractivity contribution in [2.75, 3.05) is 37.9 Å². The molecule has 0 radical (unpaired) electrons. The van der Waals surface area contributed by atoms with Crippen molar-refractivity contribution in [2.45, 2.75) is 58.9 Å². The van der Waals surface area contributed by atoms with Crippen molar-refractivity contribution in [3.8, 4) is 16.9 Å². The topological polar surface area (TPSA) is 48.0 Å². The van der Waals surface area contributed by atoms with Crippen molar-refractivity contribution < 1.29 is 19.0 Å². The number of anilines is 1. The predicted octanol–water partition coefficient (Wildman–Crippen LogP) is 6.50. The molecule has 3 rings (SSSR count). The second-order valence-electron chi connectivity index (χ2n) is 8.74. The Morgan fingerprint density at radius 2 is 1.82 bits per heavy atom. The highest BCUT2D eigenvalue weighted by Crippen LogP contribution is 2.33. The Bertz CT molecular complexity index is 922. The maximum Gasteiger partial charge on any atom is 0.330 e. The molecule has 0 saturated carbocycles. The molecule has 5 nitrogen and oxygen atoms in total. The monoisotopic (exact) mass is 465 g/mol. The van der Waals surface area contributed by atoms with Crippen LogP contribution in [0.15, 0.2) is 48.5 Å². The first-order valence-corrected chi connectivity index (χ1v) is 12.7. The van der Waals surface area contributed by atoms with E-state index < -0.39 is 0 Å². The number of carbonyl (C=O) groups is 1. The van der Waals surface area contributed by atoms with Gasteiger partial charge in [-0.1, -0.05) is 31.5 Å². The molecule has 0 amide bonds. The third kappa shape index (κ3) is 7.63. The Hall–Kier alpha value is -2.79. The second kappa shape index (κ2) is 13.8. The lowest BCUT2D eigenvalue weighted by molar-refractivity contribution is -0.137. The average Bonchev–Trinajstić information content (AvgIpc) is 2.86. The van der Waals surface area contributed by atoms with E-state index >= 15 is 0 Å². The maximum absolute atomic E-state index is 12.0. The van der Waals surface area contributed by atoms with E-state index in [-0.39, 0.29) is 5.97 Å². The second-order valence-corrected chi connectivity index (χ2v) is 8.74. The summed E-state index contributed by atoms with van der Waals surface area (Å²) in [5.74, 6) is 0.523. The van der Waals surface area contributed by atoms with Gasteiger partial charge in [-0.3, -0.25) is 0 Å². The molecule has 2 aromatic carbocycles. The lowest BCUT2D eigenvalue weighted by Gasteiger charge is -2.36. The van der Waals surface area contributed by atoms with Crippen LogP contribution in [0.3, 0.4) is 0 Å². The Morgan fingerprint density at radius 3 is 2.56 bits per heavy atom. The number of esters is 1. The molecule has 184 valence electrons. The molecule has 5 heteroatoms. The van der Waals surface area contributed by atoms with Crippen LogP contribution in [0.1, 0.15) is 58.4 Å². The van der Waals surface area contributed by atoms with Gasteiger partial charge in [0, 0.05) is 31.0 Å². The number of hydrogen-bond donors (Lipinski definition) is 0. The molecule has 1 atom stereocenters. The van der Waals surface area contributed by atoms with Crippen molar-refractivity contribution in [1.29, 1.82) is 0 Å². The fraction of sp³-hybridized carbons (Fsp3) is 0.483. The molecular weight excluding hydrogens is 426 g/mol. The molecule has 1 unspecified atom stereocenters. The molecule has 1 heterocycles. The number of benzene rings is 2. The highest BCUT2D eigenvalue weighted by molar-refractivity contribution is 5.89. The van der Waals surface area contributed by atoms with E-state index in [0.717, 1.165) is 48.4 Å². The van der Waals surface area contributed by atoms with Gasteiger partial charge in [0.1, 0.15) is 12.4 Å². The average molecular weight is 466 g/mol. The fourth-order valence-electron chi connectivity index (χ4n) is 4.24. The van der Waals surface area contributed by atoms with E-state index in [9.17, 15) is 4.79 Å². The van der Waals surface area contributed by atoms with Crippen LogP contribution in [0.4, 0.5) is 5.69 Å². The van der Waals surface area contributed by atoms with Crippen LogP contribution in [0.5, 0.6) is 5.75 Å². The lowest BCUT2D eigenvalue weighted by Crippen LogP contribution is -2.37. The van der Waals surface area contributed by atoms with E-state index in [1.807, 2.05) is 25.1 Å². The van der Waals surface area contributed by atoms with Crippen LogP contribution >= 0.6 is 0 Å². The molecule has 0 spiro atoms. The van der Waals surface area contributed by atoms with Gasteiger partial charge < -0.3 is 19.1 Å². The molecule has 1 saturated heterocycles. The van der Waals surface area contributed by atoms with Gasteiger partial charge in [-0.2, -0.15) is 0 Å². The quantitative estimate of drug-likeness (QED) is 0.203. The summed E-state index contributed by atoms with van der Waals surface area (Å²) in [6, 6.07) is 15.1. The van der Waals surface area contributed by atoms with Crippen LogP contribution in [0, 0.1) is 0 Å². The zero-order valence-corrected chi connectivity index (χ0v) is 20.9. The Morgan fingerprint density at radius 1 is 1.03 bits per heavy atom. The number of carbonyl (C=O) groups excluding carboxylic acids is 1. The number of unbranched alkanes of at least 4 members (excludes halogenated alkanes) is 1. The van der Waals surface area contributed by atoms with E-state index in [1.165, 1.54) is 31.0 Å². The minimum absolute atomic E-state index is 0.314. The largest absolute Gasteiger partial charge is 0.491 e. The summed E-state index contributed by atoms with van der Waals surface area (Å²) in [5, 5.41) is 0. The summed E-state index contributed by atoms with van der Waals surface area (Å²) in [5.41, 5.74) is 4.41. The third-order valence-corrected chi connectivity index (χ3v) is 6.15. The predicted molar refractivity (Wildman–Crippen MR) is 139 cm³/mol. The van der Waals surface area contributed by atoms with Crippen molar-refractivity contribution in [2.24, 2.45) is 0 Å². The minimum Gasteiger partial charge on any atom is -0.491 e. The Balaban J connectivity index is 1.75. The maximum atomic E-state index is 12.0. The van der Waals surface area contributed by atoms with Crippen LogP contribution < -0.4 is 9.64 Å². The van der Waals surface area contributed by atoms with Gasteiger partial charge in [-0.15, -0.1) is 0 Å². The standard InChI is InChI=1S/C29H39NO4/c1-4-6-19-32-20-21-34-27-14-10-24(11-15-27)25-12-16-28(30-18-8-7-9-23(30)3)26(22-25)13-17-29(31)33-5-2/h10-17,22-23H,4-9,18-21H2,1-3H3/b17-13+. The van der Waals surface area contributed by atoms with Crippen LogP contribution in [-0.2, 0) is 14.3 Å². The van der Waals surface area contributed by atoms with E-state index in [2.05, 4.69) is 49.1 Å². The molecule has 1 aliphatic heterocycles. The lowest BCUT2D eigenvalue weighted by atomic mass is 9.97. The highest BCUT2D eigenvalue weighted by Gasteiger charge is 2.20. The molecule has 0 aromatic heterocycles. The molecule has 2 aromatic rings. The van der Waals surface area contributed by atoms with Crippen molar-refractivity contribution in [1.82, 2.24) is 0 Å². The normalized spacial score (nSPS) is 16.1. The van der Waals surface area contributed by atoms with Crippen molar-refractivity contribution in [3.63, 3.8) is 0 Å². The highest BCUT2D eigenvalue weighted by atomic mass is 16.5. The summed E-state index contributed by atoms with van der Waals surface area (Å²) in [4.78, 5) is 14.4. The molecule has 0 bridgehead atoms. The fourth-order valence-corrected chi connectivity index (χ4v) is 4.24. The third-order valence-electron chi connectivity index (χ3n) is 6.15. The molecule has 34 heavy (non-hydrogen) atoms. The van der Waals surface area contributed by atoms with Gasteiger partial charge in [0.15, 0.2) is 0 Å². The number of piperidine rings is 1. The first-order valence-electron chi connectivity index (χ1n) is 12.7. The Kier molecular flexibility index (Phi) is 10.5. The summed E-state index contributed by atoms with van der Waals surface area (Å²) >= 11 is 0. The van der Waals surface area contributed by atoms with E-state index in [4.69, 9.17) is 14.2 Å². The number of ether oxygens (including phenoxy) is 3. The van der Waals surface area contributed by atoms with Crippen LogP contribution in [0.25, 0.3) is 17.2 Å². The van der Waals surface area contributed by atoms with Crippen molar-refractivity contribution >= 4 is 17.7 Å². The molecule has 1 aliphatic rings. The van der Waals surface area contributed by atoms with Gasteiger partial charge in [-0.25, -0.2) is 4.79 Å². The number of rotatable bonds is 12. The zero-order chi connectivity index (χ0) is 24.2. The van der Waals surface area contributed by atoms with E-state index in [1.54, 1.807) is 0 Å². The molecular formula is C29H39NO4. The van der Waals surface area contributed by atoms with Gasteiger partial charge in [0.05, 0.1) is 13.2 Å². The van der Waals surface area contributed by atoms with Gasteiger partial charge in [-0.05, 0) is 86.6 Å². The minimum atomic E-state index is -0.314. The molecule has 1 fully saturated rings. The molecule has 0 N–H and O–H groups in total. The SMILES string of the molecule is CCCCOCCOc1ccc(-c2ccc(N3CCCCC3C)c(/C=C/C(=O)OCC)c2)cc1. The first kappa shape index (κ1) is 25.8. The van der Waals surface area contributed by atoms with Crippen molar-refractivity contribution in [3.05, 3.63) is 54.1 Å². The van der Waals surface area contributed by atoms with Gasteiger partial charge in [0.2, 0.25) is 0 Å². The van der Waals surface area contributed by atoms with Gasteiger partial charge in [0.25, 0.3) is 0 Å². The first-order chi connectivity index (χ1) is 16.6. The van der Waals surface area contributed by atoms with Crippen LogP contribution in [-0.4, -0.2) is 45.0 Å². The van der Waals surface area contributed by atoms with E-state index in [0.29, 0.717) is 25.9 Å². The summed E-state index contributed by atoms with van der Waals surface area (Å²) < 4.78 is 16.5. The number of hydrogen-bond acceptors (Lipinski definition) is 5. The summed E-state index contributed by atoms with van der Waals surface area (Å²) in [6.07, 6.45) is 9.28. The number of nitrogens with zero attached hydrogens (tertiary/aromatic N) is 1. The van der Waals surface area contributed by atoms with Gasteiger partial charge >= 0.3 is 5.97 Å².